The number of nitrogens with one attached hydrogen (secondary N) is 3. The van der Waals surface area contributed by atoms with Crippen molar-refractivity contribution in [1.29, 1.82) is 0 Å². The Morgan fingerprint density at radius 3 is 2.63 bits per heavy atom. The zero-order valence-electron chi connectivity index (χ0n) is 17.3. The molecule has 3 aliphatic heterocycles. The lowest BCUT2D eigenvalue weighted by Gasteiger charge is -2.34. The van der Waals surface area contributed by atoms with Gasteiger partial charge < -0.3 is 10.6 Å². The van der Waals surface area contributed by atoms with Crippen molar-refractivity contribution in [2.24, 2.45) is 5.41 Å². The molecule has 2 fully saturated rings. The molecule has 3 aliphatic rings. The van der Waals surface area contributed by atoms with Crippen molar-refractivity contribution >= 4 is 23.6 Å². The minimum atomic E-state index is -0.934. The van der Waals surface area contributed by atoms with Gasteiger partial charge in [0.2, 0.25) is 11.8 Å². The van der Waals surface area contributed by atoms with E-state index < -0.39 is 23.8 Å². The molecule has 3 heterocycles. The number of carbonyl (C=O) groups excluding carboxylic acids is 4. The minimum Gasteiger partial charge on any atom is -0.317 e. The second-order valence-electron chi connectivity index (χ2n) is 8.77. The van der Waals surface area contributed by atoms with E-state index in [9.17, 15) is 19.2 Å². The highest BCUT2D eigenvalue weighted by Crippen LogP contribution is 2.32. The lowest BCUT2D eigenvalue weighted by atomic mass is 9.78. The van der Waals surface area contributed by atoms with Gasteiger partial charge in [0.25, 0.3) is 11.8 Å². The first-order valence-corrected chi connectivity index (χ1v) is 10.6. The summed E-state index contributed by atoms with van der Waals surface area (Å²) in [7, 11) is 0. The molecule has 30 heavy (non-hydrogen) atoms. The van der Waals surface area contributed by atoms with Crippen LogP contribution in [0.15, 0.2) is 18.2 Å². The highest BCUT2D eigenvalue weighted by Gasteiger charge is 2.45. The van der Waals surface area contributed by atoms with Crippen LogP contribution in [-0.4, -0.2) is 54.2 Å². The lowest BCUT2D eigenvalue weighted by molar-refractivity contribution is -0.136. The molecule has 0 bridgehead atoms. The lowest BCUT2D eigenvalue weighted by Crippen LogP contribution is -2.54. The Bertz CT molecular complexity index is 891. The summed E-state index contributed by atoms with van der Waals surface area (Å²) in [5, 5.41) is 9.03. The maximum atomic E-state index is 13.1. The highest BCUT2D eigenvalue weighted by molar-refractivity contribution is 6.24. The topological polar surface area (TPSA) is 108 Å². The van der Waals surface area contributed by atoms with Gasteiger partial charge in [-0.2, -0.15) is 0 Å². The summed E-state index contributed by atoms with van der Waals surface area (Å²) in [6, 6.07) is 4.30. The normalized spacial score (nSPS) is 23.5. The molecular weight excluding hydrogens is 384 g/mol. The molecule has 2 saturated heterocycles. The van der Waals surface area contributed by atoms with E-state index in [4.69, 9.17) is 0 Å². The number of rotatable bonds is 6. The summed E-state index contributed by atoms with van der Waals surface area (Å²) in [5.41, 5.74) is 1.78. The van der Waals surface area contributed by atoms with Gasteiger partial charge in [0.05, 0.1) is 11.1 Å². The molecule has 1 atom stereocenters. The largest absolute Gasteiger partial charge is 0.317 e. The maximum absolute atomic E-state index is 13.1. The van der Waals surface area contributed by atoms with Crippen molar-refractivity contribution in [3.63, 3.8) is 0 Å². The maximum Gasteiger partial charge on any atom is 0.262 e. The van der Waals surface area contributed by atoms with E-state index in [-0.39, 0.29) is 18.7 Å². The van der Waals surface area contributed by atoms with Crippen LogP contribution in [0.2, 0.25) is 0 Å². The number of carbonyl (C=O) groups is 4. The number of imide groups is 2. The predicted octanol–water partition coefficient (Wildman–Crippen LogP) is 0.957. The summed E-state index contributed by atoms with van der Waals surface area (Å²) in [6.07, 6.45) is 3.65. The van der Waals surface area contributed by atoms with Crippen molar-refractivity contribution in [1.82, 2.24) is 20.9 Å². The number of amides is 4. The first-order chi connectivity index (χ1) is 14.4. The number of nitrogens with zero attached hydrogens (tertiary/aromatic N) is 1. The fourth-order valence-electron chi connectivity index (χ4n) is 4.63. The average molecular weight is 412 g/mol. The Morgan fingerprint density at radius 2 is 1.90 bits per heavy atom. The Labute approximate surface area is 175 Å². The fraction of sp³-hybridized carbons (Fsp3) is 0.545. The summed E-state index contributed by atoms with van der Waals surface area (Å²) < 4.78 is 0. The van der Waals surface area contributed by atoms with Crippen LogP contribution in [0.25, 0.3) is 0 Å². The first-order valence-electron chi connectivity index (χ1n) is 10.6. The van der Waals surface area contributed by atoms with E-state index >= 15 is 0 Å². The van der Waals surface area contributed by atoms with Crippen molar-refractivity contribution < 1.29 is 19.2 Å². The Hall–Kier alpha value is -2.58. The molecule has 4 amide bonds. The molecule has 160 valence electrons. The SMILES string of the molecule is CC1(CCNCc2cccc3c2C(=O)N(C2CCC(=O)NC2=O)C3=O)CCNCC1. The van der Waals surface area contributed by atoms with Crippen LogP contribution in [0.5, 0.6) is 0 Å². The van der Waals surface area contributed by atoms with E-state index in [0.717, 1.165) is 49.4 Å². The standard InChI is InChI=1S/C22H28N4O4/c1-22(7-10-23-11-8-22)9-12-24-13-14-3-2-4-15-18(14)21(30)26(20(15)29)16-5-6-17(27)25-19(16)28/h2-4,16,23-24H,5-13H2,1H3,(H,25,27,28). The van der Waals surface area contributed by atoms with Crippen LogP contribution < -0.4 is 16.0 Å². The zero-order chi connectivity index (χ0) is 21.3. The van der Waals surface area contributed by atoms with Gasteiger partial charge in [-0.15, -0.1) is 0 Å². The predicted molar refractivity (Wildman–Crippen MR) is 110 cm³/mol. The summed E-state index contributed by atoms with van der Waals surface area (Å²) in [6.45, 7) is 5.74. The number of benzene rings is 1. The third-order valence-corrected chi connectivity index (χ3v) is 6.59. The molecule has 1 aromatic carbocycles. The van der Waals surface area contributed by atoms with E-state index in [1.165, 1.54) is 0 Å². The van der Waals surface area contributed by atoms with Gasteiger partial charge in [-0.05, 0) is 62.4 Å². The third kappa shape index (κ3) is 3.89. The van der Waals surface area contributed by atoms with Gasteiger partial charge in [0.15, 0.2) is 0 Å². The summed E-state index contributed by atoms with van der Waals surface area (Å²) in [5.74, 6) is -1.88. The van der Waals surface area contributed by atoms with E-state index in [0.29, 0.717) is 23.1 Å². The van der Waals surface area contributed by atoms with Crippen molar-refractivity contribution in [3.05, 3.63) is 34.9 Å². The molecule has 3 N–H and O–H groups in total. The summed E-state index contributed by atoms with van der Waals surface area (Å²) in [4.78, 5) is 50.6. The van der Waals surface area contributed by atoms with E-state index in [1.807, 2.05) is 6.07 Å². The van der Waals surface area contributed by atoms with Gasteiger partial charge in [0, 0.05) is 13.0 Å². The zero-order valence-corrected chi connectivity index (χ0v) is 17.3. The Morgan fingerprint density at radius 1 is 1.13 bits per heavy atom. The van der Waals surface area contributed by atoms with Crippen molar-refractivity contribution in [2.45, 2.75) is 51.6 Å². The molecule has 8 heteroatoms. The molecule has 4 rings (SSSR count). The molecule has 1 aromatic rings. The fourth-order valence-corrected chi connectivity index (χ4v) is 4.63. The average Bonchev–Trinajstić information content (AvgIpc) is 2.97. The van der Waals surface area contributed by atoms with Gasteiger partial charge in [-0.25, -0.2) is 0 Å². The Kier molecular flexibility index (Phi) is 5.71. The second kappa shape index (κ2) is 8.28. The Balaban J connectivity index is 1.44. The van der Waals surface area contributed by atoms with Crippen molar-refractivity contribution in [3.8, 4) is 0 Å². The van der Waals surface area contributed by atoms with Crippen LogP contribution in [0.3, 0.4) is 0 Å². The smallest absolute Gasteiger partial charge is 0.262 e. The number of piperidine rings is 2. The first kappa shape index (κ1) is 20.7. The van der Waals surface area contributed by atoms with Crippen LogP contribution in [-0.2, 0) is 16.1 Å². The van der Waals surface area contributed by atoms with Crippen molar-refractivity contribution in [2.75, 3.05) is 19.6 Å². The number of hydrogen-bond donors (Lipinski definition) is 3. The van der Waals surface area contributed by atoms with Gasteiger partial charge in [-0.1, -0.05) is 19.1 Å². The van der Waals surface area contributed by atoms with Crippen LogP contribution >= 0.6 is 0 Å². The molecular formula is C22H28N4O4. The van der Waals surface area contributed by atoms with Gasteiger partial charge >= 0.3 is 0 Å². The number of hydrogen-bond acceptors (Lipinski definition) is 6. The van der Waals surface area contributed by atoms with Crippen LogP contribution in [0, 0.1) is 5.41 Å². The molecule has 0 saturated carbocycles. The molecule has 0 aliphatic carbocycles. The van der Waals surface area contributed by atoms with Crippen LogP contribution in [0.1, 0.15) is 65.3 Å². The quantitative estimate of drug-likeness (QED) is 0.475. The molecule has 0 radical (unpaired) electrons. The van der Waals surface area contributed by atoms with Gasteiger partial charge in [-0.3, -0.25) is 29.4 Å². The van der Waals surface area contributed by atoms with Gasteiger partial charge in [0.1, 0.15) is 6.04 Å². The third-order valence-electron chi connectivity index (χ3n) is 6.59. The molecule has 1 unspecified atom stereocenters. The molecule has 0 spiro atoms. The summed E-state index contributed by atoms with van der Waals surface area (Å²) >= 11 is 0. The van der Waals surface area contributed by atoms with E-state index in [2.05, 4.69) is 22.9 Å². The molecule has 8 nitrogen and oxygen atoms in total. The minimum absolute atomic E-state index is 0.118. The number of fused-ring (bicyclic) bond motifs is 1. The highest BCUT2D eigenvalue weighted by atomic mass is 16.2. The second-order valence-corrected chi connectivity index (χ2v) is 8.77. The molecule has 0 aromatic heterocycles. The van der Waals surface area contributed by atoms with Crippen LogP contribution in [0.4, 0.5) is 0 Å². The van der Waals surface area contributed by atoms with E-state index in [1.54, 1.807) is 12.1 Å². The monoisotopic (exact) mass is 412 g/mol.